The van der Waals surface area contributed by atoms with Crippen LogP contribution in [-0.2, 0) is 25.5 Å². The molecule has 3 unspecified atom stereocenters. The zero-order valence-electron chi connectivity index (χ0n) is 24.0. The minimum Gasteiger partial charge on any atom is -0.465 e. The van der Waals surface area contributed by atoms with Gasteiger partial charge in [-0.05, 0) is 37.7 Å². The van der Waals surface area contributed by atoms with E-state index >= 15 is 0 Å². The van der Waals surface area contributed by atoms with E-state index < -0.39 is 28.7 Å². The maximum Gasteiger partial charge on any atom is 0.310 e. The molecule has 4 rings (SSSR count). The summed E-state index contributed by atoms with van der Waals surface area (Å²) in [5.41, 5.74) is 0.972. The second kappa shape index (κ2) is 14.4. The number of allylic oxidation sites excluding steroid dienone is 1. The number of carbonyl (C=O) groups excluding carboxylic acids is 3. The second-order valence-corrected chi connectivity index (χ2v) is 14.0. The van der Waals surface area contributed by atoms with Crippen molar-refractivity contribution in [2.75, 3.05) is 26.3 Å². The molecule has 224 valence electrons. The van der Waals surface area contributed by atoms with Crippen LogP contribution in [0.3, 0.4) is 0 Å². The van der Waals surface area contributed by atoms with E-state index in [1.807, 2.05) is 30.3 Å². The van der Waals surface area contributed by atoms with E-state index in [1.54, 1.807) is 33.7 Å². The molecule has 1 aromatic carbocycles. The zero-order valence-corrected chi connectivity index (χ0v) is 26.4. The summed E-state index contributed by atoms with van der Waals surface area (Å²) in [6, 6.07) is 8.31. The molecule has 0 aromatic heterocycles. The first kappa shape index (κ1) is 31.8. The van der Waals surface area contributed by atoms with E-state index in [2.05, 4.69) is 36.0 Å². The molecule has 7 atom stereocenters. The molecule has 0 aliphatic carbocycles. The lowest BCUT2D eigenvalue weighted by molar-refractivity contribution is -0.154. The summed E-state index contributed by atoms with van der Waals surface area (Å²) < 4.78 is 4.91. The summed E-state index contributed by atoms with van der Waals surface area (Å²) >= 11 is 5.41. The molecule has 1 aromatic rings. The fraction of sp³-hybridized carbons (Fsp3) is 0.594. The summed E-state index contributed by atoms with van der Waals surface area (Å²) in [5.74, 6) is -2.07. The van der Waals surface area contributed by atoms with Crippen molar-refractivity contribution in [1.29, 1.82) is 0 Å². The van der Waals surface area contributed by atoms with Crippen LogP contribution in [0.15, 0.2) is 55.6 Å². The number of likely N-dealkylation sites (tertiary alicyclic amines) is 1. The Morgan fingerprint density at radius 2 is 2.00 bits per heavy atom. The van der Waals surface area contributed by atoms with Gasteiger partial charge in [0.15, 0.2) is 0 Å². The summed E-state index contributed by atoms with van der Waals surface area (Å²) in [6.07, 6.45) is 8.81. The van der Waals surface area contributed by atoms with Crippen molar-refractivity contribution in [2.24, 2.45) is 11.8 Å². The summed E-state index contributed by atoms with van der Waals surface area (Å²) in [6.45, 7) is 10.7. The number of carbonyl (C=O) groups is 3. The molecule has 3 saturated heterocycles. The van der Waals surface area contributed by atoms with Crippen molar-refractivity contribution in [3.8, 4) is 0 Å². The number of nitrogens with zero attached hydrogens (tertiary/aromatic N) is 2. The van der Waals surface area contributed by atoms with Crippen LogP contribution in [0.1, 0.15) is 51.0 Å². The van der Waals surface area contributed by atoms with Gasteiger partial charge in [0, 0.05) is 23.2 Å². The molecule has 1 spiro atoms. The number of thioether (sulfide) groups is 1. The van der Waals surface area contributed by atoms with E-state index in [0.29, 0.717) is 32.4 Å². The molecule has 3 fully saturated rings. The first-order valence-corrected chi connectivity index (χ1v) is 16.6. The normalized spacial score (nSPS) is 28.8. The highest BCUT2D eigenvalue weighted by Gasteiger charge is 2.76. The van der Waals surface area contributed by atoms with Crippen molar-refractivity contribution in [1.82, 2.24) is 9.80 Å². The van der Waals surface area contributed by atoms with E-state index in [1.165, 1.54) is 0 Å². The first-order valence-electron chi connectivity index (χ1n) is 14.8. The first-order chi connectivity index (χ1) is 19.8. The minimum absolute atomic E-state index is 0.0350. The van der Waals surface area contributed by atoms with Gasteiger partial charge in [-0.25, -0.2) is 0 Å². The smallest absolute Gasteiger partial charge is 0.310 e. The van der Waals surface area contributed by atoms with Crippen molar-refractivity contribution in [3.05, 3.63) is 61.2 Å². The maximum absolute atomic E-state index is 14.6. The standard InChI is InChI=1S/C32H43BrN2O5S/c1-4-7-12-17-34(16-6-3)30(38)28-32-20-24(33)27(41-32)25(31(39)40-18-13-8-5-2)26(32)29(37)35(28)23(21-36)19-22-14-10-9-11-15-22/h5-6,9-11,14-15,23-28,36H,2-4,7-8,12-13,16-21H2,1H3/t23-,24?,25-,26+,27-,28?,32?/m1/s1. The van der Waals surface area contributed by atoms with Crippen molar-refractivity contribution in [3.63, 3.8) is 0 Å². The van der Waals surface area contributed by atoms with Crippen molar-refractivity contribution in [2.45, 2.75) is 78.8 Å². The molecule has 9 heteroatoms. The third-order valence-electron chi connectivity index (χ3n) is 8.64. The minimum atomic E-state index is -0.795. The quantitative estimate of drug-likeness (QED) is 0.121. The van der Waals surface area contributed by atoms with E-state index in [4.69, 9.17) is 4.74 Å². The lowest BCUT2D eigenvalue weighted by atomic mass is 9.71. The number of ether oxygens (including phenoxy) is 1. The van der Waals surface area contributed by atoms with Gasteiger partial charge in [0.1, 0.15) is 6.04 Å². The second-order valence-electron chi connectivity index (χ2n) is 11.3. The SMILES string of the molecule is C=CCCCOC(=O)[C@H]1[C@@H]2SC3(CC2Br)C(C(=O)N(CC=C)CCCCC)N([C@@H](CO)Cc2ccccc2)C(=O)[C@H]13. The van der Waals surface area contributed by atoms with Crippen LogP contribution in [-0.4, -0.2) is 85.9 Å². The summed E-state index contributed by atoms with van der Waals surface area (Å²) in [5, 5.41) is 10.5. The Hall–Kier alpha value is -2.10. The molecule has 2 bridgehead atoms. The summed E-state index contributed by atoms with van der Waals surface area (Å²) in [7, 11) is 0. The van der Waals surface area contributed by atoms with E-state index in [-0.39, 0.29) is 41.1 Å². The predicted octanol–water partition coefficient (Wildman–Crippen LogP) is 4.77. The number of aliphatic hydroxyl groups is 1. The van der Waals surface area contributed by atoms with Gasteiger partial charge in [-0.2, -0.15) is 0 Å². The van der Waals surface area contributed by atoms with Crippen LogP contribution in [0.5, 0.6) is 0 Å². The maximum atomic E-state index is 14.6. The number of unbranched alkanes of at least 4 members (excludes halogenated alkanes) is 3. The molecular weight excluding hydrogens is 604 g/mol. The number of benzene rings is 1. The average molecular weight is 648 g/mol. The van der Waals surface area contributed by atoms with Gasteiger partial charge < -0.3 is 19.6 Å². The molecule has 3 aliphatic rings. The Labute approximate surface area is 256 Å². The highest BCUT2D eigenvalue weighted by molar-refractivity contribution is 9.09. The highest BCUT2D eigenvalue weighted by atomic mass is 79.9. The van der Waals surface area contributed by atoms with Gasteiger partial charge >= 0.3 is 5.97 Å². The number of rotatable bonds is 16. The fourth-order valence-corrected chi connectivity index (χ4v) is 10.4. The van der Waals surface area contributed by atoms with Crippen LogP contribution in [0.25, 0.3) is 0 Å². The van der Waals surface area contributed by atoms with Gasteiger partial charge in [0.25, 0.3) is 0 Å². The Morgan fingerprint density at radius 3 is 2.66 bits per heavy atom. The van der Waals surface area contributed by atoms with E-state index in [0.717, 1.165) is 31.2 Å². The number of fused-ring (bicyclic) bond motifs is 1. The molecule has 41 heavy (non-hydrogen) atoms. The van der Waals surface area contributed by atoms with Crippen LogP contribution in [0, 0.1) is 11.8 Å². The third-order valence-corrected chi connectivity index (χ3v) is 11.9. The average Bonchev–Trinajstić information content (AvgIpc) is 3.57. The monoisotopic (exact) mass is 646 g/mol. The number of aliphatic hydroxyl groups excluding tert-OH is 1. The number of halogens is 1. The molecule has 7 nitrogen and oxygen atoms in total. The molecule has 1 N–H and O–H groups in total. The zero-order chi connectivity index (χ0) is 29.6. The number of amides is 2. The number of hydrogen-bond acceptors (Lipinski definition) is 6. The molecule has 0 radical (unpaired) electrons. The van der Waals surface area contributed by atoms with Gasteiger partial charge in [-0.3, -0.25) is 14.4 Å². The molecule has 2 amide bonds. The third kappa shape index (κ3) is 6.32. The van der Waals surface area contributed by atoms with E-state index in [9.17, 15) is 19.5 Å². The van der Waals surface area contributed by atoms with Crippen LogP contribution < -0.4 is 0 Å². The molecular formula is C32H43BrN2O5S. The van der Waals surface area contributed by atoms with Crippen molar-refractivity contribution < 1.29 is 24.2 Å². The Kier molecular flexibility index (Phi) is 11.2. The molecule has 3 aliphatic heterocycles. The van der Waals surface area contributed by atoms with Crippen LogP contribution >= 0.6 is 27.7 Å². The van der Waals surface area contributed by atoms with Crippen LogP contribution in [0.2, 0.25) is 0 Å². The van der Waals surface area contributed by atoms with Crippen LogP contribution in [0.4, 0.5) is 0 Å². The van der Waals surface area contributed by atoms with Gasteiger partial charge in [0.05, 0.1) is 35.8 Å². The molecule has 3 heterocycles. The topological polar surface area (TPSA) is 87.2 Å². The van der Waals surface area contributed by atoms with Gasteiger partial charge in [-0.1, -0.05) is 78.2 Å². The lowest BCUT2D eigenvalue weighted by Gasteiger charge is -2.40. The number of hydrogen-bond donors (Lipinski definition) is 1. The summed E-state index contributed by atoms with van der Waals surface area (Å²) in [4.78, 5) is 46.0. The van der Waals surface area contributed by atoms with Gasteiger partial charge in [-0.15, -0.1) is 24.9 Å². The fourth-order valence-electron chi connectivity index (χ4n) is 6.82. The largest absolute Gasteiger partial charge is 0.465 e. The number of alkyl halides is 1. The molecule has 0 saturated carbocycles. The highest BCUT2D eigenvalue weighted by Crippen LogP contribution is 2.68. The Morgan fingerprint density at radius 1 is 1.24 bits per heavy atom. The predicted molar refractivity (Wildman–Crippen MR) is 167 cm³/mol. The van der Waals surface area contributed by atoms with Crippen molar-refractivity contribution >= 4 is 45.5 Å². The Bertz CT molecular complexity index is 1100. The van der Waals surface area contributed by atoms with Gasteiger partial charge in [0.2, 0.25) is 11.8 Å². The number of esters is 1. The Balaban J connectivity index is 1.73. The lowest BCUT2D eigenvalue weighted by Crippen LogP contribution is -2.58.